The van der Waals surface area contributed by atoms with E-state index in [1.54, 1.807) is 14.1 Å². The van der Waals surface area contributed by atoms with Crippen LogP contribution in [0.4, 0.5) is 0 Å². The predicted octanol–water partition coefficient (Wildman–Crippen LogP) is 1.22. The summed E-state index contributed by atoms with van der Waals surface area (Å²) >= 11 is 0. The minimum atomic E-state index is 0.778. The van der Waals surface area contributed by atoms with Gasteiger partial charge >= 0.3 is 0 Å². The second-order valence-electron chi connectivity index (χ2n) is 1.47. The van der Waals surface area contributed by atoms with E-state index in [0.29, 0.717) is 0 Å². The van der Waals surface area contributed by atoms with Crippen molar-refractivity contribution in [2.24, 2.45) is 10.4 Å². The highest BCUT2D eigenvalue weighted by Crippen LogP contribution is 1.93. The van der Waals surface area contributed by atoms with Crippen molar-refractivity contribution in [3.05, 3.63) is 20.9 Å². The monoisotopic (exact) mass is 142 g/mol. The van der Waals surface area contributed by atoms with Gasteiger partial charge in [-0.25, -0.2) is 0 Å². The van der Waals surface area contributed by atoms with Crippen LogP contribution in [0.5, 0.6) is 0 Å². The van der Waals surface area contributed by atoms with Gasteiger partial charge in [-0.05, 0) is 0 Å². The first-order valence-corrected chi connectivity index (χ1v) is 2.29. The Balaban J connectivity index is 4.24. The number of nitrogens with zero attached hydrogens (tertiary/aromatic N) is 8. The molecular formula is C2H6N8. The standard InChI is InChI=1S/C2H6N8/c1-9(2)10(7-5-3)8-6-4/h1-2H3. The maximum Gasteiger partial charge on any atom is 0.0271 e. The molecule has 0 aliphatic heterocycles. The Bertz CT molecular complexity index is 163. The lowest BCUT2D eigenvalue weighted by Crippen LogP contribution is -2.25. The summed E-state index contributed by atoms with van der Waals surface area (Å²) in [6, 6.07) is 0. The molecule has 0 radical (unpaired) electrons. The Morgan fingerprint density at radius 2 is 1.50 bits per heavy atom. The van der Waals surface area contributed by atoms with Crippen LogP contribution in [-0.4, -0.2) is 24.3 Å². The fraction of sp³-hybridized carbons (Fsp3) is 1.00. The molecule has 8 heteroatoms. The van der Waals surface area contributed by atoms with Gasteiger partial charge in [0, 0.05) is 24.5 Å². The van der Waals surface area contributed by atoms with Crippen molar-refractivity contribution in [2.45, 2.75) is 0 Å². The molecule has 0 N–H and O–H groups in total. The Morgan fingerprint density at radius 1 is 1.10 bits per heavy atom. The highest BCUT2D eigenvalue weighted by atomic mass is 15.9. The molecular weight excluding hydrogens is 136 g/mol. The molecule has 0 aromatic rings. The van der Waals surface area contributed by atoms with Crippen LogP contribution in [-0.2, 0) is 0 Å². The zero-order valence-corrected chi connectivity index (χ0v) is 5.58. The van der Waals surface area contributed by atoms with Crippen molar-refractivity contribution < 1.29 is 0 Å². The molecule has 0 aliphatic rings. The third kappa shape index (κ3) is 2.63. The van der Waals surface area contributed by atoms with Crippen LogP contribution in [0.25, 0.3) is 20.9 Å². The summed E-state index contributed by atoms with van der Waals surface area (Å²) in [5.41, 5.74) is 15.8. The summed E-state index contributed by atoms with van der Waals surface area (Å²) in [6.45, 7) is 0. The van der Waals surface area contributed by atoms with E-state index >= 15 is 0 Å². The molecule has 0 saturated heterocycles. The van der Waals surface area contributed by atoms with E-state index in [4.69, 9.17) is 11.1 Å². The molecule has 8 nitrogen and oxygen atoms in total. The molecule has 0 amide bonds. The number of hydrazine groups is 1. The van der Waals surface area contributed by atoms with Crippen molar-refractivity contribution in [1.82, 2.24) is 10.2 Å². The number of rotatable bonds is 3. The SMILES string of the molecule is CN(C)N(N=[N+]=[N-])N=[N+]=[N-]. The van der Waals surface area contributed by atoms with Crippen molar-refractivity contribution in [2.75, 3.05) is 14.1 Å². The number of hydrogen-bond donors (Lipinski definition) is 0. The first kappa shape index (κ1) is 8.38. The zero-order chi connectivity index (χ0) is 7.98. The fourth-order valence-electron chi connectivity index (χ4n) is 0.249. The Hall–Kier alpha value is -1.62. The average molecular weight is 142 g/mol. The maximum absolute atomic E-state index is 7.92. The molecule has 10 heavy (non-hydrogen) atoms. The molecule has 0 heterocycles. The lowest BCUT2D eigenvalue weighted by atomic mass is 11.2. The van der Waals surface area contributed by atoms with E-state index in [1.807, 2.05) is 0 Å². The first-order chi connectivity index (χ1) is 4.72. The van der Waals surface area contributed by atoms with E-state index in [9.17, 15) is 0 Å². The number of azide groups is 1. The summed E-state index contributed by atoms with van der Waals surface area (Å²) in [6.07, 6.45) is 0. The van der Waals surface area contributed by atoms with Crippen molar-refractivity contribution in [3.63, 3.8) is 0 Å². The highest BCUT2D eigenvalue weighted by Gasteiger charge is 1.99. The van der Waals surface area contributed by atoms with E-state index in [-0.39, 0.29) is 0 Å². The van der Waals surface area contributed by atoms with Gasteiger partial charge in [0.1, 0.15) is 0 Å². The van der Waals surface area contributed by atoms with Crippen LogP contribution in [0.3, 0.4) is 0 Å². The third-order valence-corrected chi connectivity index (χ3v) is 0.598. The van der Waals surface area contributed by atoms with E-state index in [2.05, 4.69) is 20.3 Å². The van der Waals surface area contributed by atoms with Gasteiger partial charge in [-0.2, -0.15) is 9.82 Å². The average Bonchev–Trinajstić information content (AvgIpc) is 1.87. The zero-order valence-electron chi connectivity index (χ0n) is 5.58. The smallest absolute Gasteiger partial charge is 0.0271 e. The fourth-order valence-corrected chi connectivity index (χ4v) is 0.249. The van der Waals surface area contributed by atoms with Gasteiger partial charge in [-0.15, -0.1) is 16.1 Å². The Kier molecular flexibility index (Phi) is 3.58. The molecule has 0 aromatic heterocycles. The maximum atomic E-state index is 7.92. The van der Waals surface area contributed by atoms with Gasteiger partial charge in [0.25, 0.3) is 0 Å². The highest BCUT2D eigenvalue weighted by molar-refractivity contribution is 4.41. The summed E-state index contributed by atoms with van der Waals surface area (Å²) in [4.78, 5) is 4.84. The predicted molar refractivity (Wildman–Crippen MR) is 33.8 cm³/mol. The minimum Gasteiger partial charge on any atom is -0.167 e. The molecule has 0 saturated carbocycles. The molecule has 0 atom stereocenters. The molecule has 0 fully saturated rings. The number of hydrogen-bond acceptors (Lipinski definition) is 3. The molecule has 0 aliphatic carbocycles. The van der Waals surface area contributed by atoms with Gasteiger partial charge in [0.2, 0.25) is 0 Å². The van der Waals surface area contributed by atoms with Crippen LogP contribution in [0.1, 0.15) is 0 Å². The topological polar surface area (TPSA) is 104 Å². The largest absolute Gasteiger partial charge is 0.167 e. The van der Waals surface area contributed by atoms with E-state index in [0.717, 1.165) is 5.23 Å². The van der Waals surface area contributed by atoms with Crippen molar-refractivity contribution in [1.29, 1.82) is 0 Å². The first-order valence-electron chi connectivity index (χ1n) is 2.29. The van der Waals surface area contributed by atoms with Gasteiger partial charge in [0.05, 0.1) is 0 Å². The summed E-state index contributed by atoms with van der Waals surface area (Å²) in [7, 11) is 3.15. The van der Waals surface area contributed by atoms with Gasteiger partial charge < -0.3 is 0 Å². The van der Waals surface area contributed by atoms with Crippen LogP contribution < -0.4 is 0 Å². The van der Waals surface area contributed by atoms with Crippen LogP contribution in [0.2, 0.25) is 0 Å². The van der Waals surface area contributed by atoms with Gasteiger partial charge in [-0.1, -0.05) is 5.23 Å². The molecule has 0 unspecified atom stereocenters. The molecule has 0 spiro atoms. The van der Waals surface area contributed by atoms with E-state index in [1.165, 1.54) is 5.01 Å². The Morgan fingerprint density at radius 3 is 1.70 bits per heavy atom. The lowest BCUT2D eigenvalue weighted by Gasteiger charge is -2.12. The quantitative estimate of drug-likeness (QED) is 0.256. The van der Waals surface area contributed by atoms with Crippen molar-refractivity contribution >= 4 is 0 Å². The van der Waals surface area contributed by atoms with Crippen LogP contribution >= 0.6 is 0 Å². The normalized spacial score (nSPS) is 7.90. The lowest BCUT2D eigenvalue weighted by molar-refractivity contribution is 0.0254. The van der Waals surface area contributed by atoms with Crippen LogP contribution in [0, 0.1) is 0 Å². The minimum absolute atomic E-state index is 0.778. The van der Waals surface area contributed by atoms with Gasteiger partial charge in [-0.3, -0.25) is 0 Å². The Labute approximate surface area is 56.8 Å². The van der Waals surface area contributed by atoms with Crippen molar-refractivity contribution in [3.8, 4) is 0 Å². The molecule has 0 bridgehead atoms. The summed E-state index contributed by atoms with van der Waals surface area (Å²) in [5, 5.41) is 8.18. The molecule has 54 valence electrons. The second kappa shape index (κ2) is 4.28. The molecule has 0 rings (SSSR count). The van der Waals surface area contributed by atoms with Crippen LogP contribution in [0.15, 0.2) is 10.4 Å². The van der Waals surface area contributed by atoms with E-state index < -0.39 is 0 Å². The van der Waals surface area contributed by atoms with Gasteiger partial charge in [0.15, 0.2) is 0 Å². The third-order valence-electron chi connectivity index (χ3n) is 0.598. The summed E-state index contributed by atoms with van der Waals surface area (Å²) in [5.74, 6) is 0. The second-order valence-corrected chi connectivity index (χ2v) is 1.47. The summed E-state index contributed by atoms with van der Waals surface area (Å²) < 4.78 is 0. The molecule has 0 aromatic carbocycles.